The Morgan fingerprint density at radius 3 is 2.74 bits per heavy atom. The summed E-state index contributed by atoms with van der Waals surface area (Å²) in [6, 6.07) is 0.932. The van der Waals surface area contributed by atoms with Crippen molar-refractivity contribution in [1.29, 1.82) is 0 Å². The molecule has 5 heteroatoms. The van der Waals surface area contributed by atoms with E-state index >= 15 is 0 Å². The predicted octanol–water partition coefficient (Wildman–Crippen LogP) is 3.12. The number of aromatic nitrogens is 1. The van der Waals surface area contributed by atoms with Gasteiger partial charge in [-0.3, -0.25) is 9.88 Å². The highest BCUT2D eigenvalue weighted by Crippen LogP contribution is 2.48. The van der Waals surface area contributed by atoms with Crippen LogP contribution in [0.25, 0.3) is 0 Å². The minimum absolute atomic E-state index is 0.240. The van der Waals surface area contributed by atoms with E-state index in [1.165, 1.54) is 12.3 Å². The highest BCUT2D eigenvalue weighted by Gasteiger charge is 2.45. The zero-order chi connectivity index (χ0) is 13.8. The number of pyridine rings is 1. The van der Waals surface area contributed by atoms with Crippen LogP contribution in [0.2, 0.25) is 0 Å². The summed E-state index contributed by atoms with van der Waals surface area (Å²) >= 11 is 0. The van der Waals surface area contributed by atoms with Gasteiger partial charge in [0.15, 0.2) is 0 Å². The number of fused-ring (bicyclic) bond motifs is 5. The van der Waals surface area contributed by atoms with Crippen LogP contribution in [0.3, 0.4) is 0 Å². The lowest BCUT2D eigenvalue weighted by atomic mass is 10.0. The molecule has 1 aromatic heterocycles. The number of ether oxygens (including phenoxy) is 1. The van der Waals surface area contributed by atoms with Crippen molar-refractivity contribution >= 4 is 6.09 Å². The number of amides is 1. The van der Waals surface area contributed by atoms with Gasteiger partial charge in [0.25, 0.3) is 0 Å². The Morgan fingerprint density at radius 2 is 2.05 bits per heavy atom. The molecule has 2 bridgehead atoms. The van der Waals surface area contributed by atoms with Gasteiger partial charge in [0, 0.05) is 5.56 Å². The number of carbonyl (C=O) groups excluding carboxylic acids is 1. The number of carbonyl (C=O) groups is 1. The molecule has 19 heavy (non-hydrogen) atoms. The standard InChI is InChI=1S/C14H15FN2O2/c1-14(2,3)19-13(18)17-10-4-5-11(17)12-9(10)6-8(15)7-16-12/h4-7,10-11H,1-3H3. The molecule has 0 saturated carbocycles. The molecule has 0 saturated heterocycles. The second-order valence-corrected chi connectivity index (χ2v) is 5.79. The van der Waals surface area contributed by atoms with E-state index in [1.807, 2.05) is 32.9 Å². The van der Waals surface area contributed by atoms with Gasteiger partial charge in [-0.15, -0.1) is 0 Å². The first-order valence-electron chi connectivity index (χ1n) is 6.22. The fourth-order valence-corrected chi connectivity index (χ4v) is 2.54. The van der Waals surface area contributed by atoms with Gasteiger partial charge in [0.2, 0.25) is 0 Å². The summed E-state index contributed by atoms with van der Waals surface area (Å²) in [4.78, 5) is 17.9. The Hall–Kier alpha value is -1.91. The average Bonchev–Trinajstić information content (AvgIpc) is 2.82. The highest BCUT2D eigenvalue weighted by molar-refractivity contribution is 5.73. The molecule has 2 unspecified atom stereocenters. The molecule has 1 aromatic rings. The topological polar surface area (TPSA) is 42.4 Å². The second-order valence-electron chi connectivity index (χ2n) is 5.79. The monoisotopic (exact) mass is 262 g/mol. The zero-order valence-electron chi connectivity index (χ0n) is 11.1. The normalized spacial score (nSPS) is 23.7. The molecule has 1 amide bonds. The third kappa shape index (κ3) is 1.89. The number of hydrogen-bond donors (Lipinski definition) is 0. The SMILES string of the molecule is CC(C)(C)OC(=O)N1C2C=CC1c1ncc(F)cc12. The summed E-state index contributed by atoms with van der Waals surface area (Å²) in [7, 11) is 0. The fraction of sp³-hybridized carbons (Fsp3) is 0.429. The first-order valence-corrected chi connectivity index (χ1v) is 6.22. The minimum atomic E-state index is -0.552. The molecule has 2 atom stereocenters. The summed E-state index contributed by atoms with van der Waals surface area (Å²) in [6.45, 7) is 5.46. The Morgan fingerprint density at radius 1 is 1.37 bits per heavy atom. The third-order valence-corrected chi connectivity index (χ3v) is 3.19. The number of halogens is 1. The van der Waals surface area contributed by atoms with Crippen molar-refractivity contribution in [3.63, 3.8) is 0 Å². The maximum atomic E-state index is 13.3. The average molecular weight is 262 g/mol. The minimum Gasteiger partial charge on any atom is -0.444 e. The van der Waals surface area contributed by atoms with Gasteiger partial charge in [-0.2, -0.15) is 0 Å². The van der Waals surface area contributed by atoms with Crippen molar-refractivity contribution in [2.24, 2.45) is 0 Å². The van der Waals surface area contributed by atoms with Crippen LogP contribution in [0.1, 0.15) is 44.1 Å². The van der Waals surface area contributed by atoms with E-state index in [2.05, 4.69) is 4.98 Å². The van der Waals surface area contributed by atoms with Gasteiger partial charge < -0.3 is 4.74 Å². The van der Waals surface area contributed by atoms with E-state index in [-0.39, 0.29) is 17.9 Å². The molecular weight excluding hydrogens is 247 g/mol. The molecule has 0 aromatic carbocycles. The van der Waals surface area contributed by atoms with Gasteiger partial charge in [-0.1, -0.05) is 12.2 Å². The largest absolute Gasteiger partial charge is 0.444 e. The molecule has 0 radical (unpaired) electrons. The summed E-state index contributed by atoms with van der Waals surface area (Å²) < 4.78 is 18.7. The summed E-state index contributed by atoms with van der Waals surface area (Å²) in [6.07, 6.45) is 4.58. The lowest BCUT2D eigenvalue weighted by molar-refractivity contribution is 0.0194. The molecule has 0 spiro atoms. The third-order valence-electron chi connectivity index (χ3n) is 3.19. The van der Waals surface area contributed by atoms with Crippen LogP contribution in [0.4, 0.5) is 9.18 Å². The van der Waals surface area contributed by atoms with Crippen LogP contribution in [-0.4, -0.2) is 21.6 Å². The number of hydrogen-bond acceptors (Lipinski definition) is 3. The van der Waals surface area contributed by atoms with E-state index in [0.717, 1.165) is 11.3 Å². The first kappa shape index (κ1) is 12.1. The quantitative estimate of drug-likeness (QED) is 0.675. The first-order chi connectivity index (χ1) is 8.87. The lowest BCUT2D eigenvalue weighted by Crippen LogP contribution is -2.35. The summed E-state index contributed by atoms with van der Waals surface area (Å²) in [5.41, 5.74) is 0.933. The Balaban J connectivity index is 1.91. The maximum absolute atomic E-state index is 13.3. The Labute approximate surface area is 110 Å². The van der Waals surface area contributed by atoms with Crippen molar-refractivity contribution in [2.45, 2.75) is 38.5 Å². The van der Waals surface area contributed by atoms with Crippen molar-refractivity contribution < 1.29 is 13.9 Å². The van der Waals surface area contributed by atoms with Crippen LogP contribution >= 0.6 is 0 Å². The van der Waals surface area contributed by atoms with Crippen LogP contribution in [0, 0.1) is 5.82 Å². The molecule has 4 nitrogen and oxygen atoms in total. The molecule has 0 N–H and O–H groups in total. The van der Waals surface area contributed by atoms with Crippen LogP contribution in [0.5, 0.6) is 0 Å². The molecule has 3 rings (SSSR count). The van der Waals surface area contributed by atoms with E-state index in [1.54, 1.807) is 4.90 Å². The van der Waals surface area contributed by atoms with E-state index in [0.29, 0.717) is 0 Å². The molecule has 2 aliphatic rings. The summed E-state index contributed by atoms with van der Waals surface area (Å²) in [5, 5.41) is 0. The maximum Gasteiger partial charge on any atom is 0.411 e. The number of rotatable bonds is 0. The van der Waals surface area contributed by atoms with Crippen molar-refractivity contribution in [1.82, 2.24) is 9.88 Å². The van der Waals surface area contributed by atoms with Gasteiger partial charge in [0.1, 0.15) is 11.4 Å². The smallest absolute Gasteiger partial charge is 0.411 e. The molecule has 0 fully saturated rings. The van der Waals surface area contributed by atoms with Crippen molar-refractivity contribution in [3.8, 4) is 0 Å². The van der Waals surface area contributed by atoms with Gasteiger partial charge in [0.05, 0.1) is 24.0 Å². The molecule has 3 heterocycles. The Kier molecular flexibility index (Phi) is 2.42. The highest BCUT2D eigenvalue weighted by atomic mass is 19.1. The van der Waals surface area contributed by atoms with Gasteiger partial charge >= 0.3 is 6.09 Å². The molecule has 2 aliphatic heterocycles. The van der Waals surface area contributed by atoms with E-state index in [9.17, 15) is 9.18 Å². The van der Waals surface area contributed by atoms with Gasteiger partial charge in [-0.05, 0) is 26.8 Å². The summed E-state index contributed by atoms with van der Waals surface area (Å²) in [5.74, 6) is -0.385. The molecular formula is C14H15FN2O2. The number of nitrogens with zero attached hydrogens (tertiary/aromatic N) is 2. The van der Waals surface area contributed by atoms with Crippen LogP contribution in [-0.2, 0) is 4.74 Å². The zero-order valence-corrected chi connectivity index (χ0v) is 11.1. The second kappa shape index (κ2) is 3.79. The van der Waals surface area contributed by atoms with Crippen LogP contribution in [0.15, 0.2) is 24.4 Å². The van der Waals surface area contributed by atoms with Gasteiger partial charge in [-0.25, -0.2) is 9.18 Å². The Bertz CT molecular complexity index is 577. The van der Waals surface area contributed by atoms with Crippen LogP contribution < -0.4 is 0 Å². The van der Waals surface area contributed by atoms with E-state index in [4.69, 9.17) is 4.74 Å². The predicted molar refractivity (Wildman–Crippen MR) is 66.9 cm³/mol. The fourth-order valence-electron chi connectivity index (χ4n) is 2.54. The van der Waals surface area contributed by atoms with Crippen molar-refractivity contribution in [3.05, 3.63) is 41.5 Å². The molecule has 100 valence electrons. The van der Waals surface area contributed by atoms with E-state index < -0.39 is 11.7 Å². The lowest BCUT2D eigenvalue weighted by Gasteiger charge is -2.27. The van der Waals surface area contributed by atoms with Crippen molar-refractivity contribution in [2.75, 3.05) is 0 Å². The molecule has 0 aliphatic carbocycles.